The number of quaternary nitrogens is 1. The molecule has 0 aromatic carbocycles. The summed E-state index contributed by atoms with van der Waals surface area (Å²) in [6.07, 6.45) is 56.6. The molecule has 0 radical (unpaired) electrons. The van der Waals surface area contributed by atoms with Crippen LogP contribution in [0.3, 0.4) is 0 Å². The van der Waals surface area contributed by atoms with Gasteiger partial charge in [0.2, 0.25) is 0 Å². The summed E-state index contributed by atoms with van der Waals surface area (Å²) in [4.78, 5) is 22.9. The van der Waals surface area contributed by atoms with Crippen LogP contribution < -0.4 is 0 Å². The second-order valence-corrected chi connectivity index (χ2v) is 18.6. The van der Waals surface area contributed by atoms with Crippen LogP contribution in [-0.4, -0.2) is 75.6 Å². The van der Waals surface area contributed by atoms with Crippen LogP contribution in [0.25, 0.3) is 0 Å². The summed E-state index contributed by atoms with van der Waals surface area (Å²) in [5.41, 5.74) is 0. The van der Waals surface area contributed by atoms with E-state index in [1.54, 1.807) is 0 Å². The van der Waals surface area contributed by atoms with Crippen molar-refractivity contribution in [2.45, 2.75) is 193 Å². The average Bonchev–Trinajstić information content (AvgIpc) is 3.20. The summed E-state index contributed by atoms with van der Waals surface area (Å²) in [6.45, 7) is 5.46. The molecular formula is C51H93NO7P+. The van der Waals surface area contributed by atoms with Crippen molar-refractivity contribution in [3.8, 4) is 0 Å². The van der Waals surface area contributed by atoms with Gasteiger partial charge in [0.05, 0.1) is 34.4 Å². The van der Waals surface area contributed by atoms with Gasteiger partial charge in [0.15, 0.2) is 0 Å². The Bertz CT molecular complexity index is 1190. The quantitative estimate of drug-likeness (QED) is 0.0214. The molecule has 8 nitrogen and oxygen atoms in total. The van der Waals surface area contributed by atoms with E-state index < -0.39 is 13.9 Å². The van der Waals surface area contributed by atoms with E-state index in [4.69, 9.17) is 18.5 Å². The Balaban J connectivity index is 4.28. The number of nitrogens with zero attached hydrogens (tertiary/aromatic N) is 1. The average molecular weight is 863 g/mol. The molecule has 0 fully saturated rings. The summed E-state index contributed by atoms with van der Waals surface area (Å²) in [5, 5.41) is 0. The van der Waals surface area contributed by atoms with Gasteiger partial charge in [0.1, 0.15) is 19.3 Å². The summed E-state index contributed by atoms with van der Waals surface area (Å²) >= 11 is 0. The molecular weight excluding hydrogens is 770 g/mol. The number of rotatable bonds is 44. The Morgan fingerprint density at radius 3 is 1.42 bits per heavy atom. The van der Waals surface area contributed by atoms with Gasteiger partial charge in [-0.3, -0.25) is 13.8 Å². The standard InChI is InChI=1S/C51H92NO7P/c1-6-8-10-12-14-16-18-20-22-24-25-26-27-28-30-32-34-36-38-40-42-44-51(53)59-50(49-58-60(54,55)57-47-45-52(3,4)5)48-56-46-43-41-39-37-35-33-31-29-23-21-19-17-15-13-11-9-7-2/h8,10,14,16,20,22,25-26,28,30,34,36,50H,6-7,9,11-13,15,17-19,21,23-24,27,29,31-33,35,37-49H2,1-5H3/p+1/b10-8-,16-14-,22-20-,26-25-,30-28-,36-34-. The van der Waals surface area contributed by atoms with Crippen molar-refractivity contribution in [3.63, 3.8) is 0 Å². The fourth-order valence-electron chi connectivity index (χ4n) is 6.32. The predicted molar refractivity (Wildman–Crippen MR) is 256 cm³/mol. The molecule has 0 rings (SSSR count). The first-order chi connectivity index (χ1) is 29.1. The third-order valence-corrected chi connectivity index (χ3v) is 11.0. The first-order valence-electron chi connectivity index (χ1n) is 24.2. The van der Waals surface area contributed by atoms with E-state index in [-0.39, 0.29) is 32.2 Å². The second kappa shape index (κ2) is 43.6. The SMILES string of the molecule is CC/C=C\C/C=C\C/C=C\C/C=C\C/C=C\C/C=C\CCCCC(=O)OC(COCCCCCCCCCCCCCCCCCCC)COP(=O)(O)OCC[N+](C)(C)C. The molecule has 0 amide bonds. The smallest absolute Gasteiger partial charge is 0.457 e. The van der Waals surface area contributed by atoms with Gasteiger partial charge >= 0.3 is 13.8 Å². The molecule has 0 aliphatic carbocycles. The molecule has 0 aliphatic rings. The summed E-state index contributed by atoms with van der Waals surface area (Å²) < 4.78 is 35.0. The van der Waals surface area contributed by atoms with Crippen LogP contribution in [0, 0.1) is 0 Å². The van der Waals surface area contributed by atoms with E-state index in [9.17, 15) is 14.3 Å². The molecule has 2 atom stereocenters. The maximum Gasteiger partial charge on any atom is 0.472 e. The van der Waals surface area contributed by atoms with Crippen LogP contribution in [0.2, 0.25) is 0 Å². The van der Waals surface area contributed by atoms with E-state index in [0.29, 0.717) is 24.1 Å². The molecule has 60 heavy (non-hydrogen) atoms. The lowest BCUT2D eigenvalue weighted by Gasteiger charge is -2.24. The minimum absolute atomic E-state index is 0.0777. The van der Waals surface area contributed by atoms with Crippen molar-refractivity contribution in [2.24, 2.45) is 0 Å². The summed E-state index contributed by atoms with van der Waals surface area (Å²) in [6, 6.07) is 0. The number of unbranched alkanes of at least 4 members (excludes halogenated alkanes) is 18. The zero-order chi connectivity index (χ0) is 44.1. The van der Waals surface area contributed by atoms with E-state index in [0.717, 1.165) is 64.2 Å². The predicted octanol–water partition coefficient (Wildman–Crippen LogP) is 14.7. The molecule has 0 spiro atoms. The van der Waals surface area contributed by atoms with Gasteiger partial charge in [0, 0.05) is 13.0 Å². The minimum Gasteiger partial charge on any atom is -0.457 e. The highest BCUT2D eigenvalue weighted by Crippen LogP contribution is 2.43. The van der Waals surface area contributed by atoms with Crippen LogP contribution >= 0.6 is 7.82 Å². The molecule has 0 bridgehead atoms. The highest BCUT2D eigenvalue weighted by molar-refractivity contribution is 7.47. The maximum atomic E-state index is 12.7. The van der Waals surface area contributed by atoms with Gasteiger partial charge in [-0.15, -0.1) is 0 Å². The number of hydrogen-bond donors (Lipinski definition) is 1. The highest BCUT2D eigenvalue weighted by Gasteiger charge is 2.26. The lowest BCUT2D eigenvalue weighted by Crippen LogP contribution is -2.37. The van der Waals surface area contributed by atoms with Crippen molar-refractivity contribution in [1.29, 1.82) is 0 Å². The molecule has 1 N–H and O–H groups in total. The highest BCUT2D eigenvalue weighted by atomic mass is 31.2. The molecule has 0 saturated heterocycles. The molecule has 2 unspecified atom stereocenters. The van der Waals surface area contributed by atoms with Gasteiger partial charge in [-0.2, -0.15) is 0 Å². The van der Waals surface area contributed by atoms with Crippen molar-refractivity contribution >= 4 is 13.8 Å². The van der Waals surface area contributed by atoms with Gasteiger partial charge in [-0.25, -0.2) is 4.57 Å². The maximum absolute atomic E-state index is 12.7. The van der Waals surface area contributed by atoms with Crippen molar-refractivity contribution < 1.29 is 37.3 Å². The Labute approximate surface area is 370 Å². The van der Waals surface area contributed by atoms with E-state index in [2.05, 4.69) is 86.8 Å². The van der Waals surface area contributed by atoms with Gasteiger partial charge < -0.3 is 18.9 Å². The van der Waals surface area contributed by atoms with E-state index in [1.807, 2.05) is 21.1 Å². The number of allylic oxidation sites excluding steroid dienone is 12. The number of carbonyl (C=O) groups excluding carboxylic acids is 1. The number of carbonyl (C=O) groups is 1. The number of ether oxygens (including phenoxy) is 2. The minimum atomic E-state index is -4.29. The Kier molecular flexibility index (Phi) is 42.1. The number of hydrogen-bond acceptors (Lipinski definition) is 6. The van der Waals surface area contributed by atoms with Crippen LogP contribution in [0.1, 0.15) is 187 Å². The van der Waals surface area contributed by atoms with Crippen molar-refractivity contribution in [1.82, 2.24) is 0 Å². The van der Waals surface area contributed by atoms with Crippen LogP contribution in [0.15, 0.2) is 72.9 Å². The molecule has 0 heterocycles. The fraction of sp³-hybridized carbons (Fsp3) is 0.745. The van der Waals surface area contributed by atoms with Gasteiger partial charge in [-0.05, 0) is 64.2 Å². The fourth-order valence-corrected chi connectivity index (χ4v) is 7.06. The van der Waals surface area contributed by atoms with Crippen molar-refractivity contribution in [3.05, 3.63) is 72.9 Å². The zero-order valence-corrected chi connectivity index (χ0v) is 40.3. The Hall–Kier alpha value is -2.06. The van der Waals surface area contributed by atoms with Crippen LogP contribution in [0.4, 0.5) is 0 Å². The molecule has 0 saturated carbocycles. The lowest BCUT2D eigenvalue weighted by molar-refractivity contribution is -0.870. The Morgan fingerprint density at radius 2 is 0.967 bits per heavy atom. The molecule has 0 aromatic heterocycles. The topological polar surface area (TPSA) is 91.3 Å². The van der Waals surface area contributed by atoms with Crippen LogP contribution in [-0.2, 0) is 27.9 Å². The summed E-state index contributed by atoms with van der Waals surface area (Å²) in [7, 11) is 1.63. The molecule has 9 heteroatoms. The van der Waals surface area contributed by atoms with Gasteiger partial charge in [-0.1, -0.05) is 189 Å². The number of phosphoric ester groups is 1. The number of esters is 1. The molecule has 0 aromatic rings. The number of phosphoric acid groups is 1. The monoisotopic (exact) mass is 863 g/mol. The Morgan fingerprint density at radius 1 is 0.533 bits per heavy atom. The molecule has 348 valence electrons. The van der Waals surface area contributed by atoms with E-state index in [1.165, 1.54) is 96.3 Å². The van der Waals surface area contributed by atoms with Gasteiger partial charge in [0.25, 0.3) is 0 Å². The molecule has 0 aliphatic heterocycles. The summed E-state index contributed by atoms with van der Waals surface area (Å²) in [5.74, 6) is -0.355. The zero-order valence-electron chi connectivity index (χ0n) is 39.4. The third kappa shape index (κ3) is 47.0. The number of likely N-dealkylation sites (N-methyl/N-ethyl adjacent to an activating group) is 1. The first kappa shape index (κ1) is 57.9. The normalized spacial score (nSPS) is 14.3. The first-order valence-corrected chi connectivity index (χ1v) is 25.7. The van der Waals surface area contributed by atoms with Crippen molar-refractivity contribution in [2.75, 3.05) is 54.1 Å². The van der Waals surface area contributed by atoms with Crippen LogP contribution in [0.5, 0.6) is 0 Å². The van der Waals surface area contributed by atoms with E-state index >= 15 is 0 Å². The lowest BCUT2D eigenvalue weighted by atomic mass is 10.0. The third-order valence-electron chi connectivity index (χ3n) is 10.0. The largest absolute Gasteiger partial charge is 0.472 e. The second-order valence-electron chi connectivity index (χ2n) is 17.1.